The van der Waals surface area contributed by atoms with Crippen molar-refractivity contribution in [3.63, 3.8) is 0 Å². The Morgan fingerprint density at radius 2 is 2.13 bits per heavy atom. The van der Waals surface area contributed by atoms with E-state index in [0.717, 1.165) is 17.1 Å². The highest BCUT2D eigenvalue weighted by Crippen LogP contribution is 2.45. The molecule has 1 N–H and O–H groups in total. The van der Waals surface area contributed by atoms with Crippen molar-refractivity contribution in [3.05, 3.63) is 23.8 Å². The van der Waals surface area contributed by atoms with Gasteiger partial charge in [0, 0.05) is 11.5 Å². The molecule has 2 rings (SSSR count). The van der Waals surface area contributed by atoms with Gasteiger partial charge in [0.15, 0.2) is 11.5 Å². The lowest BCUT2D eigenvalue weighted by atomic mass is 10.2. The molecule has 0 unspecified atom stereocenters. The largest absolute Gasteiger partial charge is 0.493 e. The molecule has 0 saturated carbocycles. The molecule has 5 nitrogen and oxygen atoms in total. The average Bonchev–Trinajstić information content (AvgIpc) is 2.94. The number of amides is 1. The van der Waals surface area contributed by atoms with Crippen molar-refractivity contribution in [3.8, 4) is 11.5 Å². The predicted molar refractivity (Wildman–Crippen MR) is 97.8 cm³/mol. The van der Waals surface area contributed by atoms with Crippen molar-refractivity contribution in [2.24, 2.45) is 5.10 Å². The first-order chi connectivity index (χ1) is 11.1. The minimum atomic E-state index is -0.0656. The van der Waals surface area contributed by atoms with E-state index in [1.54, 1.807) is 13.3 Å². The number of hydrogen-bond donors (Lipinski definition) is 1. The Balaban J connectivity index is 1.92. The number of nitrogens with one attached hydrogen (secondary N) is 1. The highest BCUT2D eigenvalue weighted by Gasteiger charge is 2.32. The molecule has 126 valence electrons. The summed E-state index contributed by atoms with van der Waals surface area (Å²) in [6, 6.07) is 5.52. The maximum absolute atomic E-state index is 12.0. The van der Waals surface area contributed by atoms with E-state index in [1.165, 1.54) is 0 Å². The smallest absolute Gasteiger partial charge is 0.242 e. The van der Waals surface area contributed by atoms with Gasteiger partial charge in [0.05, 0.1) is 30.4 Å². The Bertz CT molecular complexity index is 572. The van der Waals surface area contributed by atoms with Crippen LogP contribution in [0.4, 0.5) is 0 Å². The van der Waals surface area contributed by atoms with E-state index in [1.807, 2.05) is 48.6 Å². The van der Waals surface area contributed by atoms with Crippen LogP contribution < -0.4 is 14.9 Å². The number of thioether (sulfide) groups is 2. The zero-order valence-electron chi connectivity index (χ0n) is 13.6. The lowest BCUT2D eigenvalue weighted by molar-refractivity contribution is -0.121. The second-order valence-corrected chi connectivity index (χ2v) is 8.60. The fourth-order valence-electron chi connectivity index (χ4n) is 2.21. The number of ether oxygens (including phenoxy) is 2. The zero-order valence-corrected chi connectivity index (χ0v) is 15.3. The lowest BCUT2D eigenvalue weighted by Gasteiger charge is -2.19. The molecule has 1 aliphatic rings. The van der Waals surface area contributed by atoms with Gasteiger partial charge in [-0.25, -0.2) is 5.43 Å². The van der Waals surface area contributed by atoms with Crippen LogP contribution in [0, 0.1) is 0 Å². The van der Waals surface area contributed by atoms with Gasteiger partial charge < -0.3 is 9.47 Å². The summed E-state index contributed by atoms with van der Waals surface area (Å²) in [6.45, 7) is 4.58. The summed E-state index contributed by atoms with van der Waals surface area (Å²) in [5, 5.41) is 4.03. The van der Waals surface area contributed by atoms with Gasteiger partial charge >= 0.3 is 0 Å². The third-order valence-corrected chi connectivity index (χ3v) is 6.56. The molecule has 0 atom stereocenters. The number of hydrazone groups is 1. The van der Waals surface area contributed by atoms with Crippen LogP contribution in [0.15, 0.2) is 23.3 Å². The molecule has 1 saturated heterocycles. The van der Waals surface area contributed by atoms with Gasteiger partial charge in [-0.05, 0) is 37.6 Å². The molecule has 1 fully saturated rings. The predicted octanol–water partition coefficient (Wildman–Crippen LogP) is 3.13. The summed E-state index contributed by atoms with van der Waals surface area (Å²) in [7, 11) is 1.60. The molecular formula is C16H22N2O3S2. The fraction of sp³-hybridized carbons (Fsp3) is 0.500. The Labute approximate surface area is 145 Å². The summed E-state index contributed by atoms with van der Waals surface area (Å²) in [5.41, 5.74) is 3.43. The summed E-state index contributed by atoms with van der Waals surface area (Å²) in [6.07, 6.45) is 2.07. The third-order valence-electron chi connectivity index (χ3n) is 3.27. The van der Waals surface area contributed by atoms with E-state index in [-0.39, 0.29) is 9.99 Å². The van der Waals surface area contributed by atoms with Crippen molar-refractivity contribution in [1.29, 1.82) is 0 Å². The summed E-state index contributed by atoms with van der Waals surface area (Å²) >= 11 is 3.67. The third kappa shape index (κ3) is 5.35. The second kappa shape index (κ2) is 8.49. The Morgan fingerprint density at radius 1 is 1.39 bits per heavy atom. The van der Waals surface area contributed by atoms with E-state index in [9.17, 15) is 4.79 Å². The van der Waals surface area contributed by atoms with Gasteiger partial charge in [-0.2, -0.15) is 5.10 Å². The number of carbonyl (C=O) groups is 1. The highest BCUT2D eigenvalue weighted by molar-refractivity contribution is 8.21. The van der Waals surface area contributed by atoms with Gasteiger partial charge in [-0.3, -0.25) is 4.79 Å². The van der Waals surface area contributed by atoms with E-state index in [2.05, 4.69) is 17.5 Å². The summed E-state index contributed by atoms with van der Waals surface area (Å²) in [5.74, 6) is 3.48. The van der Waals surface area contributed by atoms with Crippen LogP contribution in [-0.2, 0) is 4.79 Å². The lowest BCUT2D eigenvalue weighted by Crippen LogP contribution is -2.26. The maximum Gasteiger partial charge on any atom is 0.242 e. The topological polar surface area (TPSA) is 59.9 Å². The van der Waals surface area contributed by atoms with Gasteiger partial charge in [0.25, 0.3) is 0 Å². The molecule has 1 heterocycles. The quantitative estimate of drug-likeness (QED) is 0.602. The molecule has 0 radical (unpaired) electrons. The normalized spacial score (nSPS) is 16.5. The maximum atomic E-state index is 12.0. The Kier molecular flexibility index (Phi) is 6.65. The average molecular weight is 354 g/mol. The van der Waals surface area contributed by atoms with Crippen LogP contribution in [-0.4, -0.2) is 41.4 Å². The molecular weight excluding hydrogens is 332 g/mol. The molecule has 1 aromatic carbocycles. The monoisotopic (exact) mass is 354 g/mol. The number of rotatable bonds is 7. The van der Waals surface area contributed by atoms with Crippen molar-refractivity contribution < 1.29 is 14.3 Å². The summed E-state index contributed by atoms with van der Waals surface area (Å²) < 4.78 is 10.7. The van der Waals surface area contributed by atoms with Gasteiger partial charge in [0.2, 0.25) is 5.91 Å². The Morgan fingerprint density at radius 3 is 2.78 bits per heavy atom. The van der Waals surface area contributed by atoms with Crippen LogP contribution >= 0.6 is 23.5 Å². The van der Waals surface area contributed by atoms with Gasteiger partial charge in [0.1, 0.15) is 0 Å². The van der Waals surface area contributed by atoms with Crippen LogP contribution in [0.1, 0.15) is 25.8 Å². The molecule has 7 heteroatoms. The van der Waals surface area contributed by atoms with Crippen molar-refractivity contribution in [2.75, 3.05) is 25.2 Å². The SMILES string of the molecule is CCOc1cc(/C=N\NC(=O)CC2(C)SCCS2)ccc1OC. The van der Waals surface area contributed by atoms with E-state index in [0.29, 0.717) is 24.5 Å². The number of carbonyl (C=O) groups excluding carboxylic acids is 1. The zero-order chi connectivity index (χ0) is 16.7. The van der Waals surface area contributed by atoms with Gasteiger partial charge in [-0.1, -0.05) is 0 Å². The minimum Gasteiger partial charge on any atom is -0.493 e. The molecule has 0 bridgehead atoms. The molecule has 0 aromatic heterocycles. The second-order valence-electron chi connectivity index (χ2n) is 5.14. The van der Waals surface area contributed by atoms with Crippen LogP contribution in [0.25, 0.3) is 0 Å². The van der Waals surface area contributed by atoms with E-state index >= 15 is 0 Å². The standard InChI is InChI=1S/C16H22N2O3S2/c1-4-21-14-9-12(5-6-13(14)20-3)11-17-18-15(19)10-16(2)22-7-8-23-16/h5-6,9,11H,4,7-8,10H2,1-3H3,(H,18,19)/b17-11-. The van der Waals surface area contributed by atoms with Crippen molar-refractivity contribution in [1.82, 2.24) is 5.43 Å². The van der Waals surface area contributed by atoms with Crippen LogP contribution in [0.3, 0.4) is 0 Å². The fourth-order valence-corrected chi connectivity index (χ4v) is 5.04. The first kappa shape index (κ1) is 18.0. The molecule has 1 aromatic rings. The number of nitrogens with zero attached hydrogens (tertiary/aromatic N) is 1. The minimum absolute atomic E-state index is 0.0259. The molecule has 1 amide bonds. The highest BCUT2D eigenvalue weighted by atomic mass is 32.2. The number of hydrogen-bond acceptors (Lipinski definition) is 6. The summed E-state index contributed by atoms with van der Waals surface area (Å²) in [4.78, 5) is 12.0. The van der Waals surface area contributed by atoms with E-state index < -0.39 is 0 Å². The molecule has 1 aliphatic heterocycles. The number of benzene rings is 1. The van der Waals surface area contributed by atoms with Crippen LogP contribution in [0.2, 0.25) is 0 Å². The molecule has 23 heavy (non-hydrogen) atoms. The van der Waals surface area contributed by atoms with Crippen LogP contribution in [0.5, 0.6) is 11.5 Å². The Hall–Kier alpha value is -1.34. The molecule has 0 aliphatic carbocycles. The first-order valence-corrected chi connectivity index (χ1v) is 9.44. The van der Waals surface area contributed by atoms with Crippen molar-refractivity contribution in [2.45, 2.75) is 24.3 Å². The van der Waals surface area contributed by atoms with Gasteiger partial charge in [-0.15, -0.1) is 23.5 Å². The van der Waals surface area contributed by atoms with E-state index in [4.69, 9.17) is 9.47 Å². The van der Waals surface area contributed by atoms with Crippen molar-refractivity contribution >= 4 is 35.6 Å². The number of methoxy groups -OCH3 is 1. The molecule has 0 spiro atoms. The first-order valence-electron chi connectivity index (χ1n) is 7.47.